The Hall–Kier alpha value is -3.26. The molecule has 1 atom stereocenters. The zero-order chi connectivity index (χ0) is 17.8. The van der Waals surface area contributed by atoms with Gasteiger partial charge in [0.25, 0.3) is 0 Å². The summed E-state index contributed by atoms with van der Waals surface area (Å²) in [6.07, 6.45) is 7.23. The highest BCUT2D eigenvalue weighted by molar-refractivity contribution is 5.61. The Morgan fingerprint density at radius 1 is 0.692 bits per heavy atom. The monoisotopic (exact) mass is 338 g/mol. The molecule has 0 aliphatic heterocycles. The highest BCUT2D eigenvalue weighted by Crippen LogP contribution is 2.40. The lowest BCUT2D eigenvalue weighted by molar-refractivity contribution is 0.643. The van der Waals surface area contributed by atoms with Gasteiger partial charge in [-0.15, -0.1) is 0 Å². The molecule has 4 rings (SSSR count). The summed E-state index contributed by atoms with van der Waals surface area (Å²) in [5.41, 5.74) is 11.4. The number of hydrogen-bond acceptors (Lipinski definition) is 2. The SMILES string of the molecule is NC1=CCC(c2ccccc2)(c2ccc(Nc3ccccc3)cc2)C=C1. The van der Waals surface area contributed by atoms with E-state index in [-0.39, 0.29) is 5.41 Å². The van der Waals surface area contributed by atoms with Gasteiger partial charge >= 0.3 is 0 Å². The molecule has 2 heteroatoms. The van der Waals surface area contributed by atoms with E-state index in [0.717, 1.165) is 23.5 Å². The van der Waals surface area contributed by atoms with E-state index in [1.54, 1.807) is 0 Å². The molecule has 1 aliphatic carbocycles. The third-order valence-electron chi connectivity index (χ3n) is 4.97. The van der Waals surface area contributed by atoms with E-state index in [2.05, 4.69) is 84.2 Å². The molecular formula is C24H22N2. The molecule has 1 aliphatic rings. The van der Waals surface area contributed by atoms with Gasteiger partial charge in [0.2, 0.25) is 0 Å². The maximum Gasteiger partial charge on any atom is 0.0420 e. The Morgan fingerprint density at radius 3 is 1.88 bits per heavy atom. The van der Waals surface area contributed by atoms with Crippen LogP contribution in [0.2, 0.25) is 0 Å². The van der Waals surface area contributed by atoms with Gasteiger partial charge < -0.3 is 11.1 Å². The number of anilines is 2. The van der Waals surface area contributed by atoms with Crippen molar-refractivity contribution in [2.45, 2.75) is 11.8 Å². The largest absolute Gasteiger partial charge is 0.399 e. The standard InChI is InChI=1S/C24H22N2/c25-21-15-17-24(18-16-21,19-7-3-1-4-8-19)20-11-13-23(14-12-20)26-22-9-5-2-6-10-22/h1-17,26H,18,25H2. The number of hydrogen-bond donors (Lipinski definition) is 2. The fourth-order valence-electron chi connectivity index (χ4n) is 3.52. The third kappa shape index (κ3) is 3.14. The predicted molar refractivity (Wildman–Crippen MR) is 109 cm³/mol. The minimum atomic E-state index is -0.171. The molecule has 0 spiro atoms. The lowest BCUT2D eigenvalue weighted by Gasteiger charge is -2.33. The van der Waals surface area contributed by atoms with Crippen LogP contribution in [0, 0.1) is 0 Å². The van der Waals surface area contributed by atoms with Gasteiger partial charge in [-0.1, -0.05) is 72.8 Å². The molecular weight excluding hydrogens is 316 g/mol. The maximum absolute atomic E-state index is 5.99. The van der Waals surface area contributed by atoms with Crippen molar-refractivity contribution in [2.24, 2.45) is 5.73 Å². The molecule has 0 heterocycles. The average Bonchev–Trinajstić information content (AvgIpc) is 2.71. The lowest BCUT2D eigenvalue weighted by Crippen LogP contribution is -2.27. The molecule has 0 aromatic heterocycles. The van der Waals surface area contributed by atoms with E-state index < -0.39 is 0 Å². The summed E-state index contributed by atoms with van der Waals surface area (Å²) < 4.78 is 0. The summed E-state index contributed by atoms with van der Waals surface area (Å²) >= 11 is 0. The van der Waals surface area contributed by atoms with Crippen LogP contribution in [0.1, 0.15) is 17.5 Å². The van der Waals surface area contributed by atoms with E-state index in [9.17, 15) is 0 Å². The van der Waals surface area contributed by atoms with Crippen molar-refractivity contribution in [1.82, 2.24) is 0 Å². The smallest absolute Gasteiger partial charge is 0.0420 e. The van der Waals surface area contributed by atoms with Crippen molar-refractivity contribution < 1.29 is 0 Å². The van der Waals surface area contributed by atoms with Crippen molar-refractivity contribution in [3.05, 3.63) is 120 Å². The molecule has 128 valence electrons. The van der Waals surface area contributed by atoms with Gasteiger partial charge in [-0.2, -0.15) is 0 Å². The quantitative estimate of drug-likeness (QED) is 0.657. The van der Waals surface area contributed by atoms with Crippen LogP contribution < -0.4 is 11.1 Å². The van der Waals surface area contributed by atoms with E-state index in [0.29, 0.717) is 0 Å². The summed E-state index contributed by atoms with van der Waals surface area (Å²) in [6.45, 7) is 0. The Bertz CT molecular complexity index is 925. The van der Waals surface area contributed by atoms with Gasteiger partial charge in [-0.05, 0) is 47.9 Å². The number of rotatable bonds is 4. The Morgan fingerprint density at radius 2 is 1.27 bits per heavy atom. The van der Waals surface area contributed by atoms with Gasteiger partial charge in [0.1, 0.15) is 0 Å². The second kappa shape index (κ2) is 6.93. The van der Waals surface area contributed by atoms with Gasteiger partial charge in [0.15, 0.2) is 0 Å². The van der Waals surface area contributed by atoms with E-state index >= 15 is 0 Å². The molecule has 0 amide bonds. The van der Waals surface area contributed by atoms with Crippen LogP contribution in [0.25, 0.3) is 0 Å². The van der Waals surface area contributed by atoms with Crippen molar-refractivity contribution >= 4 is 11.4 Å². The maximum atomic E-state index is 5.99. The van der Waals surface area contributed by atoms with Crippen LogP contribution in [0.5, 0.6) is 0 Å². The fraction of sp³-hybridized carbons (Fsp3) is 0.0833. The van der Waals surface area contributed by atoms with Crippen molar-refractivity contribution in [2.75, 3.05) is 5.32 Å². The molecule has 0 radical (unpaired) electrons. The van der Waals surface area contributed by atoms with Crippen molar-refractivity contribution in [3.8, 4) is 0 Å². The Balaban J connectivity index is 1.68. The zero-order valence-corrected chi connectivity index (χ0v) is 14.6. The minimum absolute atomic E-state index is 0.171. The molecule has 2 nitrogen and oxygen atoms in total. The van der Waals surface area contributed by atoms with Crippen molar-refractivity contribution in [3.63, 3.8) is 0 Å². The molecule has 3 N–H and O–H groups in total. The first kappa shape index (κ1) is 16.2. The number of nitrogens with one attached hydrogen (secondary N) is 1. The van der Waals surface area contributed by atoms with Gasteiger partial charge in [-0.25, -0.2) is 0 Å². The summed E-state index contributed by atoms with van der Waals surface area (Å²) in [6, 6.07) is 29.5. The average molecular weight is 338 g/mol. The van der Waals surface area contributed by atoms with Crippen LogP contribution in [0.15, 0.2) is 109 Å². The topological polar surface area (TPSA) is 38.0 Å². The summed E-state index contributed by atoms with van der Waals surface area (Å²) in [5.74, 6) is 0. The number of para-hydroxylation sites is 1. The summed E-state index contributed by atoms with van der Waals surface area (Å²) in [7, 11) is 0. The summed E-state index contributed by atoms with van der Waals surface area (Å²) in [4.78, 5) is 0. The fourth-order valence-corrected chi connectivity index (χ4v) is 3.52. The van der Waals surface area contributed by atoms with Gasteiger partial charge in [0.05, 0.1) is 0 Å². The van der Waals surface area contributed by atoms with E-state index in [1.165, 1.54) is 11.1 Å². The molecule has 0 bridgehead atoms. The lowest BCUT2D eigenvalue weighted by atomic mass is 9.70. The minimum Gasteiger partial charge on any atom is -0.399 e. The Labute approximate surface area is 154 Å². The van der Waals surface area contributed by atoms with Crippen LogP contribution >= 0.6 is 0 Å². The molecule has 3 aromatic carbocycles. The molecule has 0 saturated carbocycles. The van der Waals surface area contributed by atoms with E-state index in [1.807, 2.05) is 24.3 Å². The zero-order valence-electron chi connectivity index (χ0n) is 14.6. The molecule has 0 fully saturated rings. The van der Waals surface area contributed by atoms with Gasteiger partial charge in [-0.3, -0.25) is 0 Å². The first-order chi connectivity index (χ1) is 12.8. The highest BCUT2D eigenvalue weighted by atomic mass is 14.9. The molecule has 0 saturated heterocycles. The molecule has 3 aromatic rings. The second-order valence-corrected chi connectivity index (χ2v) is 6.65. The first-order valence-electron chi connectivity index (χ1n) is 8.89. The highest BCUT2D eigenvalue weighted by Gasteiger charge is 2.32. The second-order valence-electron chi connectivity index (χ2n) is 6.65. The number of benzene rings is 3. The van der Waals surface area contributed by atoms with Crippen LogP contribution in [-0.4, -0.2) is 0 Å². The van der Waals surface area contributed by atoms with Crippen LogP contribution in [0.4, 0.5) is 11.4 Å². The van der Waals surface area contributed by atoms with Crippen LogP contribution in [0.3, 0.4) is 0 Å². The normalized spacial score (nSPS) is 19.0. The molecule has 26 heavy (non-hydrogen) atoms. The molecule has 1 unspecified atom stereocenters. The third-order valence-corrected chi connectivity index (χ3v) is 4.97. The summed E-state index contributed by atoms with van der Waals surface area (Å²) in [5, 5.41) is 3.44. The predicted octanol–water partition coefficient (Wildman–Crippen LogP) is 5.52. The Kier molecular flexibility index (Phi) is 4.32. The number of allylic oxidation sites excluding steroid dienone is 3. The van der Waals surface area contributed by atoms with Gasteiger partial charge in [0, 0.05) is 22.5 Å². The number of nitrogens with two attached hydrogens (primary N) is 1. The first-order valence-corrected chi connectivity index (χ1v) is 8.89. The van der Waals surface area contributed by atoms with Crippen molar-refractivity contribution in [1.29, 1.82) is 0 Å². The van der Waals surface area contributed by atoms with E-state index in [4.69, 9.17) is 5.73 Å². The van der Waals surface area contributed by atoms with Crippen LogP contribution in [-0.2, 0) is 5.41 Å².